The summed E-state index contributed by atoms with van der Waals surface area (Å²) in [5, 5.41) is 18.9. The molecular weight excluding hydrogens is 290 g/mol. The van der Waals surface area contributed by atoms with Crippen LogP contribution in [0.4, 0.5) is 26.3 Å². The number of aliphatic hydroxyl groups is 2. The molecule has 1 aromatic rings. The summed E-state index contributed by atoms with van der Waals surface area (Å²) >= 11 is 0. The molecule has 0 radical (unpaired) electrons. The van der Waals surface area contributed by atoms with Crippen molar-refractivity contribution in [1.82, 2.24) is 0 Å². The van der Waals surface area contributed by atoms with E-state index in [2.05, 4.69) is 0 Å². The van der Waals surface area contributed by atoms with Gasteiger partial charge in [-0.3, -0.25) is 0 Å². The van der Waals surface area contributed by atoms with Crippen LogP contribution in [0.25, 0.3) is 0 Å². The second-order valence-electron chi connectivity index (χ2n) is 4.41. The van der Waals surface area contributed by atoms with Crippen molar-refractivity contribution < 1.29 is 36.6 Å². The largest absolute Gasteiger partial charge is 0.426 e. The van der Waals surface area contributed by atoms with Crippen LogP contribution in [0, 0.1) is 5.92 Å². The highest BCUT2D eigenvalue weighted by atomic mass is 19.4. The summed E-state index contributed by atoms with van der Waals surface area (Å²) in [6.45, 7) is 0.499. The first-order chi connectivity index (χ1) is 8.93. The first-order valence-electron chi connectivity index (χ1n) is 5.51. The zero-order valence-corrected chi connectivity index (χ0v) is 10.2. The van der Waals surface area contributed by atoms with E-state index in [1.54, 1.807) is 0 Å². The molecule has 0 spiro atoms. The topological polar surface area (TPSA) is 40.5 Å². The molecular formula is C12H12F6O2. The molecule has 2 N–H and O–H groups in total. The Morgan fingerprint density at radius 1 is 0.900 bits per heavy atom. The van der Waals surface area contributed by atoms with Crippen LogP contribution < -0.4 is 0 Å². The highest BCUT2D eigenvalue weighted by Gasteiger charge is 2.73. The van der Waals surface area contributed by atoms with Gasteiger partial charge in [0.1, 0.15) is 0 Å². The van der Waals surface area contributed by atoms with E-state index in [-0.39, 0.29) is 5.56 Å². The molecule has 0 aromatic heterocycles. The average molecular weight is 302 g/mol. The van der Waals surface area contributed by atoms with Crippen LogP contribution in [0.3, 0.4) is 0 Å². The summed E-state index contributed by atoms with van der Waals surface area (Å²) in [7, 11) is 0. The molecule has 8 heteroatoms. The molecule has 0 amide bonds. The quantitative estimate of drug-likeness (QED) is 0.842. The van der Waals surface area contributed by atoms with Gasteiger partial charge in [-0.1, -0.05) is 37.3 Å². The zero-order chi connectivity index (χ0) is 15.8. The number of rotatable bonds is 3. The number of hydrogen-bond acceptors (Lipinski definition) is 2. The van der Waals surface area contributed by atoms with Crippen molar-refractivity contribution in [1.29, 1.82) is 0 Å². The lowest BCUT2D eigenvalue weighted by Crippen LogP contribution is -2.62. The summed E-state index contributed by atoms with van der Waals surface area (Å²) in [5.41, 5.74) is -5.14. The van der Waals surface area contributed by atoms with Crippen molar-refractivity contribution in [2.45, 2.75) is 31.0 Å². The third kappa shape index (κ3) is 2.76. The monoisotopic (exact) mass is 302 g/mol. The van der Waals surface area contributed by atoms with Crippen molar-refractivity contribution in [2.75, 3.05) is 0 Å². The summed E-state index contributed by atoms with van der Waals surface area (Å²) in [4.78, 5) is 0. The van der Waals surface area contributed by atoms with Gasteiger partial charge in [-0.25, -0.2) is 0 Å². The third-order valence-electron chi connectivity index (χ3n) is 3.14. The Morgan fingerprint density at radius 3 is 1.65 bits per heavy atom. The minimum Gasteiger partial charge on any atom is -0.388 e. The highest BCUT2D eigenvalue weighted by Crippen LogP contribution is 2.50. The van der Waals surface area contributed by atoms with Gasteiger partial charge in [0, 0.05) is 5.92 Å². The smallest absolute Gasteiger partial charge is 0.388 e. The maximum absolute atomic E-state index is 12.6. The van der Waals surface area contributed by atoms with Gasteiger partial charge in [0.25, 0.3) is 5.60 Å². The van der Waals surface area contributed by atoms with Gasteiger partial charge >= 0.3 is 12.4 Å². The van der Waals surface area contributed by atoms with Crippen LogP contribution in [0.5, 0.6) is 0 Å². The van der Waals surface area contributed by atoms with Crippen molar-refractivity contribution in [3.05, 3.63) is 35.9 Å². The van der Waals surface area contributed by atoms with E-state index in [0.717, 1.165) is 0 Å². The van der Waals surface area contributed by atoms with Crippen molar-refractivity contribution in [3.63, 3.8) is 0 Å². The predicted octanol–water partition coefficient (Wildman–Crippen LogP) is 3.21. The lowest BCUT2D eigenvalue weighted by atomic mass is 9.81. The van der Waals surface area contributed by atoms with Crippen LogP contribution in [0.2, 0.25) is 0 Å². The molecule has 2 atom stereocenters. The van der Waals surface area contributed by atoms with E-state index < -0.39 is 30.0 Å². The maximum Gasteiger partial charge on any atom is 0.426 e. The van der Waals surface area contributed by atoms with E-state index in [1.807, 2.05) is 0 Å². The van der Waals surface area contributed by atoms with Crippen molar-refractivity contribution in [2.24, 2.45) is 5.92 Å². The third-order valence-corrected chi connectivity index (χ3v) is 3.14. The van der Waals surface area contributed by atoms with Crippen molar-refractivity contribution >= 4 is 0 Å². The summed E-state index contributed by atoms with van der Waals surface area (Å²) in [6.07, 6.45) is -14.0. The first kappa shape index (κ1) is 16.8. The minimum atomic E-state index is -5.96. The van der Waals surface area contributed by atoms with E-state index in [4.69, 9.17) is 0 Å². The summed E-state index contributed by atoms with van der Waals surface area (Å²) in [5.74, 6) is -2.52. The maximum atomic E-state index is 12.6. The number of benzene rings is 1. The molecule has 0 heterocycles. The highest BCUT2D eigenvalue weighted by molar-refractivity contribution is 5.19. The molecule has 20 heavy (non-hydrogen) atoms. The van der Waals surface area contributed by atoms with Crippen molar-refractivity contribution in [3.8, 4) is 0 Å². The Balaban J connectivity index is 3.23. The molecule has 0 aliphatic heterocycles. The molecule has 0 saturated heterocycles. The zero-order valence-electron chi connectivity index (χ0n) is 10.2. The minimum absolute atomic E-state index is 0.146. The lowest BCUT2D eigenvalue weighted by molar-refractivity contribution is -0.389. The molecule has 114 valence electrons. The molecule has 1 aromatic carbocycles. The molecule has 2 nitrogen and oxygen atoms in total. The van der Waals surface area contributed by atoms with Gasteiger partial charge in [-0.05, 0) is 5.56 Å². The van der Waals surface area contributed by atoms with Crippen LogP contribution in [0.1, 0.15) is 18.6 Å². The van der Waals surface area contributed by atoms with Gasteiger partial charge in [0.05, 0.1) is 6.10 Å². The fourth-order valence-electron chi connectivity index (χ4n) is 1.84. The van der Waals surface area contributed by atoms with E-state index in [9.17, 15) is 36.6 Å². The number of halogens is 6. The Hall–Kier alpha value is -1.28. The van der Waals surface area contributed by atoms with Crippen LogP contribution in [0.15, 0.2) is 30.3 Å². The Kier molecular flexibility index (Phi) is 4.40. The van der Waals surface area contributed by atoms with E-state index in [1.165, 1.54) is 30.3 Å². The number of aliphatic hydroxyl groups excluding tert-OH is 1. The van der Waals surface area contributed by atoms with E-state index in [0.29, 0.717) is 6.92 Å². The predicted molar refractivity (Wildman–Crippen MR) is 57.6 cm³/mol. The lowest BCUT2D eigenvalue weighted by Gasteiger charge is -2.39. The molecule has 0 bridgehead atoms. The molecule has 0 saturated carbocycles. The van der Waals surface area contributed by atoms with Crippen LogP contribution in [-0.2, 0) is 0 Å². The SMILES string of the molecule is C[C@@H]([C@H](O)c1ccccc1)C(O)(C(F)(F)F)C(F)(F)F. The number of alkyl halides is 6. The average Bonchev–Trinajstić information content (AvgIpc) is 2.34. The molecule has 0 fully saturated rings. The van der Waals surface area contributed by atoms with Gasteiger partial charge in [0.15, 0.2) is 0 Å². The fourth-order valence-corrected chi connectivity index (χ4v) is 1.84. The van der Waals surface area contributed by atoms with E-state index >= 15 is 0 Å². The standard InChI is InChI=1S/C12H12F6O2/c1-7(9(19)8-5-3-2-4-6-8)10(20,11(13,14)15)12(16,17)18/h2-7,9,19-20H,1H3/t7-,9-/m0/s1. The Labute approximate surface area is 110 Å². The molecule has 0 unspecified atom stereocenters. The fraction of sp³-hybridized carbons (Fsp3) is 0.500. The summed E-state index contributed by atoms with van der Waals surface area (Å²) < 4.78 is 75.9. The van der Waals surface area contributed by atoms with Gasteiger partial charge in [-0.2, -0.15) is 26.3 Å². The summed E-state index contributed by atoms with van der Waals surface area (Å²) in [6, 6.07) is 6.54. The van der Waals surface area contributed by atoms with Crippen LogP contribution >= 0.6 is 0 Å². The first-order valence-corrected chi connectivity index (χ1v) is 5.51. The van der Waals surface area contributed by atoms with Gasteiger partial charge in [-0.15, -0.1) is 0 Å². The second kappa shape index (κ2) is 5.25. The normalized spacial score (nSPS) is 16.9. The second-order valence-corrected chi connectivity index (χ2v) is 4.41. The van der Waals surface area contributed by atoms with Crippen LogP contribution in [-0.4, -0.2) is 28.2 Å². The number of hydrogen-bond donors (Lipinski definition) is 2. The molecule has 1 rings (SSSR count). The Bertz CT molecular complexity index is 426. The van der Waals surface area contributed by atoms with Gasteiger partial charge < -0.3 is 10.2 Å². The molecule has 0 aliphatic rings. The van der Waals surface area contributed by atoms with Gasteiger partial charge in [0.2, 0.25) is 0 Å². The Morgan fingerprint density at radius 2 is 1.30 bits per heavy atom. The molecule has 0 aliphatic carbocycles.